The molecular weight excluding hydrogens is 342 g/mol. The minimum atomic E-state index is -0.838. The Morgan fingerprint density at radius 2 is 1.88 bits per heavy atom. The molecule has 0 aromatic heterocycles. The van der Waals surface area contributed by atoms with Gasteiger partial charge in [-0.2, -0.15) is 0 Å². The number of hydrogen-bond acceptors (Lipinski definition) is 4. The van der Waals surface area contributed by atoms with Gasteiger partial charge in [0.15, 0.2) is 0 Å². The van der Waals surface area contributed by atoms with Crippen molar-refractivity contribution in [2.45, 2.75) is 24.8 Å². The van der Waals surface area contributed by atoms with Crippen LogP contribution in [0.4, 0.5) is 8.78 Å². The monoisotopic (exact) mass is 362 g/mol. The van der Waals surface area contributed by atoms with E-state index in [1.54, 1.807) is 18.2 Å². The molecule has 1 fully saturated rings. The third-order valence-electron chi connectivity index (χ3n) is 4.37. The summed E-state index contributed by atoms with van der Waals surface area (Å²) >= 11 is 0. The fourth-order valence-electron chi connectivity index (χ4n) is 2.82. The molecule has 0 aliphatic carbocycles. The molecule has 7 heteroatoms. The van der Waals surface area contributed by atoms with Crippen LogP contribution in [0.5, 0.6) is 0 Å². The van der Waals surface area contributed by atoms with E-state index in [0.29, 0.717) is 11.1 Å². The average Bonchev–Trinajstić information content (AvgIpc) is 2.99. The Bertz CT molecular complexity index is 755. The van der Waals surface area contributed by atoms with Crippen molar-refractivity contribution in [1.29, 1.82) is 0 Å². The van der Waals surface area contributed by atoms with E-state index in [4.69, 9.17) is 4.74 Å². The molecule has 5 nitrogen and oxygen atoms in total. The standard InChI is InChI=1S/C19H20F2N2O3/c20-14-7-5-12(6-8-14)19(25)23-10-17-18(24)16(11-26-17)22-9-13-3-1-2-4-15(13)21/h1-8,16-18,22,24H,9-11H2,(H,23,25)/t16-,17-,18+/m1/s1. The van der Waals surface area contributed by atoms with Crippen molar-refractivity contribution in [2.24, 2.45) is 0 Å². The van der Waals surface area contributed by atoms with Crippen LogP contribution < -0.4 is 10.6 Å². The predicted molar refractivity (Wildman–Crippen MR) is 91.5 cm³/mol. The lowest BCUT2D eigenvalue weighted by molar-refractivity contribution is 0.0398. The molecule has 0 unspecified atom stereocenters. The van der Waals surface area contributed by atoms with Crippen molar-refractivity contribution < 1.29 is 23.4 Å². The number of aliphatic hydroxyl groups excluding tert-OH is 1. The van der Waals surface area contributed by atoms with Crippen LogP contribution in [0.2, 0.25) is 0 Å². The summed E-state index contributed by atoms with van der Waals surface area (Å²) in [7, 11) is 0. The van der Waals surface area contributed by atoms with Crippen molar-refractivity contribution in [1.82, 2.24) is 10.6 Å². The second-order valence-electron chi connectivity index (χ2n) is 6.16. The molecule has 0 bridgehead atoms. The summed E-state index contributed by atoms with van der Waals surface area (Å²) in [5.41, 5.74) is 0.834. The predicted octanol–water partition coefficient (Wildman–Crippen LogP) is 1.61. The van der Waals surface area contributed by atoms with E-state index in [2.05, 4.69) is 10.6 Å². The van der Waals surface area contributed by atoms with E-state index in [-0.39, 0.29) is 37.5 Å². The van der Waals surface area contributed by atoms with Crippen LogP contribution in [0.1, 0.15) is 15.9 Å². The Hall–Kier alpha value is -2.35. The zero-order valence-electron chi connectivity index (χ0n) is 14.0. The maximum Gasteiger partial charge on any atom is 0.251 e. The molecular formula is C19H20F2N2O3. The molecule has 26 heavy (non-hydrogen) atoms. The van der Waals surface area contributed by atoms with E-state index in [9.17, 15) is 18.7 Å². The summed E-state index contributed by atoms with van der Waals surface area (Å²) in [6.45, 7) is 0.647. The average molecular weight is 362 g/mol. The molecule has 3 rings (SSSR count). The Labute approximate surface area is 150 Å². The molecule has 1 amide bonds. The van der Waals surface area contributed by atoms with Crippen LogP contribution in [0.15, 0.2) is 48.5 Å². The number of carbonyl (C=O) groups is 1. The van der Waals surface area contributed by atoms with Crippen molar-refractivity contribution >= 4 is 5.91 Å². The minimum Gasteiger partial charge on any atom is -0.389 e. The van der Waals surface area contributed by atoms with Crippen LogP contribution >= 0.6 is 0 Å². The van der Waals surface area contributed by atoms with E-state index >= 15 is 0 Å². The van der Waals surface area contributed by atoms with Crippen LogP contribution in [-0.4, -0.2) is 42.4 Å². The van der Waals surface area contributed by atoms with Gasteiger partial charge in [-0.1, -0.05) is 18.2 Å². The van der Waals surface area contributed by atoms with E-state index in [0.717, 1.165) is 0 Å². The van der Waals surface area contributed by atoms with Gasteiger partial charge in [-0.25, -0.2) is 8.78 Å². The van der Waals surface area contributed by atoms with Crippen molar-refractivity contribution in [3.63, 3.8) is 0 Å². The molecule has 0 saturated carbocycles. The Morgan fingerprint density at radius 3 is 2.62 bits per heavy atom. The molecule has 0 spiro atoms. The number of amides is 1. The number of benzene rings is 2. The Morgan fingerprint density at radius 1 is 1.15 bits per heavy atom. The van der Waals surface area contributed by atoms with Crippen molar-refractivity contribution in [2.75, 3.05) is 13.2 Å². The number of halogens is 2. The van der Waals surface area contributed by atoms with Crippen LogP contribution in [0, 0.1) is 11.6 Å². The molecule has 2 aromatic rings. The van der Waals surface area contributed by atoms with Crippen molar-refractivity contribution in [3.05, 3.63) is 71.3 Å². The van der Waals surface area contributed by atoms with Gasteiger partial charge in [-0.3, -0.25) is 4.79 Å². The van der Waals surface area contributed by atoms with E-state index < -0.39 is 18.0 Å². The molecule has 0 radical (unpaired) electrons. The van der Waals surface area contributed by atoms with E-state index in [1.807, 2.05) is 0 Å². The molecule has 1 saturated heterocycles. The highest BCUT2D eigenvalue weighted by molar-refractivity contribution is 5.94. The first-order valence-electron chi connectivity index (χ1n) is 8.35. The topological polar surface area (TPSA) is 70.6 Å². The van der Waals surface area contributed by atoms with Gasteiger partial charge in [0.25, 0.3) is 5.91 Å². The second kappa shape index (κ2) is 8.35. The first kappa shape index (κ1) is 18.4. The molecule has 138 valence electrons. The van der Waals surface area contributed by atoms with Gasteiger partial charge >= 0.3 is 0 Å². The lowest BCUT2D eigenvalue weighted by atomic mass is 10.1. The molecule has 3 N–H and O–H groups in total. The highest BCUT2D eigenvalue weighted by atomic mass is 19.1. The maximum atomic E-state index is 13.6. The normalized spacial score (nSPS) is 22.3. The van der Waals surface area contributed by atoms with Gasteiger partial charge in [0.2, 0.25) is 0 Å². The summed E-state index contributed by atoms with van der Waals surface area (Å²) in [5, 5.41) is 16.1. The number of hydrogen-bond donors (Lipinski definition) is 3. The van der Waals surface area contributed by atoms with Gasteiger partial charge in [-0.15, -0.1) is 0 Å². The zero-order valence-corrected chi connectivity index (χ0v) is 14.0. The quantitative estimate of drug-likeness (QED) is 0.730. The first-order chi connectivity index (χ1) is 12.5. The van der Waals surface area contributed by atoms with Crippen LogP contribution in [0.3, 0.4) is 0 Å². The fraction of sp³-hybridized carbons (Fsp3) is 0.316. The lowest BCUT2D eigenvalue weighted by Crippen LogP contribution is -2.44. The summed E-state index contributed by atoms with van der Waals surface area (Å²) in [5.74, 6) is -1.10. The number of carbonyl (C=O) groups excluding carboxylic acids is 1. The smallest absolute Gasteiger partial charge is 0.251 e. The maximum absolute atomic E-state index is 13.6. The molecule has 1 aliphatic rings. The van der Waals surface area contributed by atoms with Gasteiger partial charge in [0.1, 0.15) is 17.7 Å². The largest absolute Gasteiger partial charge is 0.389 e. The lowest BCUT2D eigenvalue weighted by Gasteiger charge is -2.19. The number of rotatable bonds is 6. The molecule has 2 aromatic carbocycles. The van der Waals surface area contributed by atoms with Crippen molar-refractivity contribution in [3.8, 4) is 0 Å². The SMILES string of the molecule is O=C(NC[C@H]1OC[C@@H](NCc2ccccc2F)[C@@H]1O)c1ccc(F)cc1. The summed E-state index contributed by atoms with van der Waals surface area (Å²) < 4.78 is 32.0. The second-order valence-corrected chi connectivity index (χ2v) is 6.16. The third-order valence-corrected chi connectivity index (χ3v) is 4.37. The minimum absolute atomic E-state index is 0.120. The highest BCUT2D eigenvalue weighted by Crippen LogP contribution is 2.15. The molecule has 1 heterocycles. The zero-order chi connectivity index (χ0) is 18.5. The molecule has 1 aliphatic heterocycles. The number of nitrogens with one attached hydrogen (secondary N) is 2. The summed E-state index contributed by atoms with van der Waals surface area (Å²) in [6, 6.07) is 11.2. The number of aliphatic hydroxyl groups is 1. The van der Waals surface area contributed by atoms with Crippen LogP contribution in [0.25, 0.3) is 0 Å². The van der Waals surface area contributed by atoms with E-state index in [1.165, 1.54) is 30.3 Å². The summed E-state index contributed by atoms with van der Waals surface area (Å²) in [6.07, 6.45) is -1.41. The fourth-order valence-corrected chi connectivity index (χ4v) is 2.82. The molecule has 3 atom stereocenters. The van der Waals surface area contributed by atoms with Gasteiger partial charge in [0.05, 0.1) is 18.8 Å². The van der Waals surface area contributed by atoms with Gasteiger partial charge in [-0.05, 0) is 30.3 Å². The first-order valence-corrected chi connectivity index (χ1v) is 8.35. The summed E-state index contributed by atoms with van der Waals surface area (Å²) in [4.78, 5) is 12.0. The van der Waals surface area contributed by atoms with Gasteiger partial charge in [0, 0.05) is 24.2 Å². The Balaban J connectivity index is 1.48. The van der Waals surface area contributed by atoms with Crippen LogP contribution in [-0.2, 0) is 11.3 Å². The Kier molecular flexibility index (Phi) is 5.92. The highest BCUT2D eigenvalue weighted by Gasteiger charge is 2.35. The van der Waals surface area contributed by atoms with Gasteiger partial charge < -0.3 is 20.5 Å². The third kappa shape index (κ3) is 4.43. The number of ether oxygens (including phenoxy) is 1.